The maximum atomic E-state index is 13.7. The number of rotatable bonds is 2. The van der Waals surface area contributed by atoms with E-state index in [1.807, 2.05) is 32.9 Å². The summed E-state index contributed by atoms with van der Waals surface area (Å²) >= 11 is 5.68. The van der Waals surface area contributed by atoms with Crippen LogP contribution in [0.3, 0.4) is 0 Å². The summed E-state index contributed by atoms with van der Waals surface area (Å²) in [6.45, 7) is 5.81. The van der Waals surface area contributed by atoms with Crippen molar-refractivity contribution < 1.29 is 9.18 Å². The minimum Gasteiger partial charge on any atom is -0.321 e. The zero-order valence-electron chi connectivity index (χ0n) is 11.6. The molecule has 0 radical (unpaired) electrons. The van der Waals surface area contributed by atoms with Crippen molar-refractivity contribution in [3.8, 4) is 0 Å². The van der Waals surface area contributed by atoms with Crippen LogP contribution in [0, 0.1) is 26.6 Å². The summed E-state index contributed by atoms with van der Waals surface area (Å²) < 4.78 is 13.7. The van der Waals surface area contributed by atoms with Gasteiger partial charge in [-0.1, -0.05) is 29.3 Å². The van der Waals surface area contributed by atoms with E-state index in [9.17, 15) is 9.18 Å². The molecule has 2 aromatic carbocycles. The average Bonchev–Trinajstić information content (AvgIpc) is 2.33. The summed E-state index contributed by atoms with van der Waals surface area (Å²) in [7, 11) is 0. The van der Waals surface area contributed by atoms with Crippen LogP contribution in [0.15, 0.2) is 30.3 Å². The van der Waals surface area contributed by atoms with Gasteiger partial charge in [0.25, 0.3) is 5.91 Å². The van der Waals surface area contributed by atoms with Crippen molar-refractivity contribution in [2.75, 3.05) is 5.32 Å². The van der Waals surface area contributed by atoms with Crippen molar-refractivity contribution in [1.29, 1.82) is 0 Å². The molecule has 0 bridgehead atoms. The summed E-state index contributed by atoms with van der Waals surface area (Å²) in [4.78, 5) is 12.1. The molecule has 0 fully saturated rings. The van der Waals surface area contributed by atoms with Gasteiger partial charge in [-0.3, -0.25) is 4.79 Å². The van der Waals surface area contributed by atoms with E-state index in [0.717, 1.165) is 28.4 Å². The van der Waals surface area contributed by atoms with Gasteiger partial charge in [0.15, 0.2) is 0 Å². The Morgan fingerprint density at radius 3 is 2.25 bits per heavy atom. The molecule has 0 heterocycles. The second-order valence-corrected chi connectivity index (χ2v) is 5.29. The highest BCUT2D eigenvalue weighted by molar-refractivity contribution is 6.30. The molecule has 20 heavy (non-hydrogen) atoms. The Morgan fingerprint density at radius 2 is 1.70 bits per heavy atom. The van der Waals surface area contributed by atoms with Gasteiger partial charge in [0.05, 0.1) is 5.56 Å². The predicted molar refractivity (Wildman–Crippen MR) is 80.0 cm³/mol. The summed E-state index contributed by atoms with van der Waals surface area (Å²) in [6.07, 6.45) is 0. The van der Waals surface area contributed by atoms with Crippen LogP contribution in [0.1, 0.15) is 27.0 Å². The second kappa shape index (κ2) is 5.63. The number of carbonyl (C=O) groups is 1. The Balaban J connectivity index is 2.33. The Hall–Kier alpha value is -1.87. The van der Waals surface area contributed by atoms with Crippen LogP contribution >= 0.6 is 11.6 Å². The first-order chi connectivity index (χ1) is 9.38. The number of benzene rings is 2. The van der Waals surface area contributed by atoms with Gasteiger partial charge in [-0.15, -0.1) is 0 Å². The van der Waals surface area contributed by atoms with Crippen molar-refractivity contribution in [2.24, 2.45) is 0 Å². The van der Waals surface area contributed by atoms with E-state index in [-0.39, 0.29) is 10.6 Å². The highest BCUT2D eigenvalue weighted by Gasteiger charge is 2.14. The van der Waals surface area contributed by atoms with E-state index in [1.165, 1.54) is 12.1 Å². The maximum Gasteiger partial charge on any atom is 0.258 e. The van der Waals surface area contributed by atoms with Crippen LogP contribution in [0.4, 0.5) is 10.1 Å². The van der Waals surface area contributed by atoms with Gasteiger partial charge in [-0.2, -0.15) is 0 Å². The van der Waals surface area contributed by atoms with Crippen LogP contribution in [-0.2, 0) is 0 Å². The summed E-state index contributed by atoms with van der Waals surface area (Å²) in [5.74, 6) is -1.10. The molecule has 0 saturated carbocycles. The molecule has 0 aromatic heterocycles. The standard InChI is InChI=1S/C16H15ClFNO/c1-9-6-10(2)15(11(3)7-9)19-16(20)13-5-4-12(17)8-14(13)18/h4-8H,1-3H3,(H,19,20). The van der Waals surface area contributed by atoms with Gasteiger partial charge in [0.1, 0.15) is 5.82 Å². The van der Waals surface area contributed by atoms with Gasteiger partial charge >= 0.3 is 0 Å². The maximum absolute atomic E-state index is 13.7. The topological polar surface area (TPSA) is 29.1 Å². The highest BCUT2D eigenvalue weighted by atomic mass is 35.5. The van der Waals surface area contributed by atoms with Crippen molar-refractivity contribution in [1.82, 2.24) is 0 Å². The Labute approximate surface area is 122 Å². The lowest BCUT2D eigenvalue weighted by molar-refractivity contribution is 0.102. The number of aryl methyl sites for hydroxylation is 3. The molecule has 0 aliphatic carbocycles. The van der Waals surface area contributed by atoms with E-state index >= 15 is 0 Å². The predicted octanol–water partition coefficient (Wildman–Crippen LogP) is 4.66. The summed E-state index contributed by atoms with van der Waals surface area (Å²) in [6, 6.07) is 7.95. The molecule has 4 heteroatoms. The van der Waals surface area contributed by atoms with E-state index in [0.29, 0.717) is 0 Å². The third-order valence-electron chi connectivity index (χ3n) is 3.09. The van der Waals surface area contributed by atoms with Gasteiger partial charge in [-0.25, -0.2) is 4.39 Å². The Bertz CT molecular complexity index is 659. The Kier molecular flexibility index (Phi) is 4.09. The van der Waals surface area contributed by atoms with Gasteiger partial charge in [0, 0.05) is 10.7 Å². The fourth-order valence-electron chi connectivity index (χ4n) is 2.23. The molecule has 1 N–H and O–H groups in total. The minimum atomic E-state index is -0.627. The van der Waals surface area contributed by atoms with Crippen molar-refractivity contribution in [2.45, 2.75) is 20.8 Å². The molecule has 0 aliphatic heterocycles. The highest BCUT2D eigenvalue weighted by Crippen LogP contribution is 2.23. The molecular weight excluding hydrogens is 277 g/mol. The number of carbonyl (C=O) groups excluding carboxylic acids is 1. The monoisotopic (exact) mass is 291 g/mol. The summed E-state index contributed by atoms with van der Waals surface area (Å²) in [5, 5.41) is 3.03. The minimum absolute atomic E-state index is 0.0197. The van der Waals surface area contributed by atoms with Crippen molar-refractivity contribution >= 4 is 23.2 Å². The number of nitrogens with one attached hydrogen (secondary N) is 1. The summed E-state index contributed by atoms with van der Waals surface area (Å²) in [5.41, 5.74) is 3.72. The molecular formula is C16H15ClFNO. The fourth-order valence-corrected chi connectivity index (χ4v) is 2.39. The fraction of sp³-hybridized carbons (Fsp3) is 0.188. The third kappa shape index (κ3) is 2.99. The first kappa shape index (κ1) is 14.5. The molecule has 0 aliphatic rings. The number of hydrogen-bond acceptors (Lipinski definition) is 1. The first-order valence-corrected chi connectivity index (χ1v) is 6.60. The molecule has 1 amide bonds. The smallest absolute Gasteiger partial charge is 0.258 e. The largest absolute Gasteiger partial charge is 0.321 e. The quantitative estimate of drug-likeness (QED) is 0.857. The lowest BCUT2D eigenvalue weighted by Crippen LogP contribution is -2.15. The van der Waals surface area contributed by atoms with E-state index < -0.39 is 11.7 Å². The number of amides is 1. The molecule has 2 rings (SSSR count). The van der Waals surface area contributed by atoms with Crippen LogP contribution in [0.2, 0.25) is 5.02 Å². The van der Waals surface area contributed by atoms with Crippen LogP contribution < -0.4 is 5.32 Å². The van der Waals surface area contributed by atoms with Gasteiger partial charge in [0.2, 0.25) is 0 Å². The number of hydrogen-bond donors (Lipinski definition) is 1. The molecule has 0 spiro atoms. The van der Waals surface area contributed by atoms with Crippen molar-refractivity contribution in [3.63, 3.8) is 0 Å². The SMILES string of the molecule is Cc1cc(C)c(NC(=O)c2ccc(Cl)cc2F)c(C)c1. The lowest BCUT2D eigenvalue weighted by Gasteiger charge is -2.13. The number of anilines is 1. The van der Waals surface area contributed by atoms with Crippen LogP contribution in [0.5, 0.6) is 0 Å². The molecule has 0 atom stereocenters. The zero-order valence-corrected chi connectivity index (χ0v) is 12.3. The van der Waals surface area contributed by atoms with Gasteiger partial charge < -0.3 is 5.32 Å². The normalized spacial score (nSPS) is 10.4. The molecule has 104 valence electrons. The Morgan fingerprint density at radius 1 is 1.10 bits per heavy atom. The third-order valence-corrected chi connectivity index (χ3v) is 3.33. The van der Waals surface area contributed by atoms with E-state index in [4.69, 9.17) is 11.6 Å². The average molecular weight is 292 g/mol. The molecule has 0 unspecified atom stereocenters. The van der Waals surface area contributed by atoms with E-state index in [1.54, 1.807) is 0 Å². The molecule has 2 nitrogen and oxygen atoms in total. The zero-order chi connectivity index (χ0) is 14.9. The van der Waals surface area contributed by atoms with Crippen LogP contribution in [0.25, 0.3) is 0 Å². The van der Waals surface area contributed by atoms with Gasteiger partial charge in [-0.05, 0) is 50.1 Å². The van der Waals surface area contributed by atoms with Crippen LogP contribution in [-0.4, -0.2) is 5.91 Å². The molecule has 0 saturated heterocycles. The lowest BCUT2D eigenvalue weighted by atomic mass is 10.0. The van der Waals surface area contributed by atoms with Crippen molar-refractivity contribution in [3.05, 3.63) is 63.4 Å². The molecule has 2 aromatic rings. The second-order valence-electron chi connectivity index (χ2n) is 4.85. The van der Waals surface area contributed by atoms with E-state index in [2.05, 4.69) is 5.32 Å². The number of halogens is 2. The first-order valence-electron chi connectivity index (χ1n) is 6.22.